The lowest BCUT2D eigenvalue weighted by Gasteiger charge is -2.20. The number of aliphatic carboxylic acids is 1. The topological polar surface area (TPSA) is 93.1 Å². The maximum atomic E-state index is 12.7. The zero-order chi connectivity index (χ0) is 16.5. The molecule has 22 heavy (non-hydrogen) atoms. The molecule has 1 N–H and O–H groups in total. The van der Waals surface area contributed by atoms with E-state index >= 15 is 0 Å². The Morgan fingerprint density at radius 3 is 2.18 bits per heavy atom. The van der Waals surface area contributed by atoms with Crippen LogP contribution in [0.2, 0.25) is 0 Å². The minimum Gasteiger partial charge on any atom is -0.497 e. The predicted molar refractivity (Wildman–Crippen MR) is 78.7 cm³/mol. The number of benzene rings is 1. The number of ether oxygens (including phenoxy) is 2. The molecule has 1 aliphatic heterocycles. The number of hydrogen-bond donors (Lipinski definition) is 1. The van der Waals surface area contributed by atoms with Crippen LogP contribution in [-0.4, -0.2) is 51.1 Å². The van der Waals surface area contributed by atoms with E-state index in [0.717, 1.165) is 0 Å². The molecule has 1 atom stereocenters. The molecule has 0 aromatic heterocycles. The van der Waals surface area contributed by atoms with Crippen LogP contribution in [-0.2, 0) is 14.8 Å². The highest BCUT2D eigenvalue weighted by Gasteiger charge is 2.45. The fourth-order valence-corrected chi connectivity index (χ4v) is 3.99. The number of rotatable bonds is 5. The lowest BCUT2D eigenvalue weighted by molar-refractivity contribution is -0.146. The van der Waals surface area contributed by atoms with E-state index in [1.807, 2.05) is 0 Å². The second-order valence-electron chi connectivity index (χ2n) is 5.50. The Labute approximate surface area is 129 Å². The van der Waals surface area contributed by atoms with Crippen LogP contribution in [0.4, 0.5) is 0 Å². The average molecular weight is 329 g/mol. The van der Waals surface area contributed by atoms with Crippen molar-refractivity contribution in [2.45, 2.75) is 18.2 Å². The number of sulfonamides is 1. The summed E-state index contributed by atoms with van der Waals surface area (Å²) < 4.78 is 36.8. The van der Waals surface area contributed by atoms with E-state index in [-0.39, 0.29) is 24.4 Å². The first kappa shape index (κ1) is 16.6. The van der Waals surface area contributed by atoms with Crippen LogP contribution in [0.5, 0.6) is 11.5 Å². The van der Waals surface area contributed by atoms with Gasteiger partial charge in [0.15, 0.2) is 0 Å². The summed E-state index contributed by atoms with van der Waals surface area (Å²) in [6.07, 6.45) is 0.280. The molecule has 0 spiro atoms. The van der Waals surface area contributed by atoms with Gasteiger partial charge in [-0.15, -0.1) is 0 Å². The van der Waals surface area contributed by atoms with Crippen LogP contribution in [0.15, 0.2) is 23.1 Å². The zero-order valence-electron chi connectivity index (χ0n) is 12.7. The number of carboxylic acid groups (broad SMARTS) is 1. The first-order valence-electron chi connectivity index (χ1n) is 6.69. The summed E-state index contributed by atoms with van der Waals surface area (Å²) in [5.41, 5.74) is -1.06. The number of hydrogen-bond acceptors (Lipinski definition) is 5. The molecule has 122 valence electrons. The maximum Gasteiger partial charge on any atom is 0.310 e. The molecule has 1 heterocycles. The Kier molecular flexibility index (Phi) is 4.35. The fraction of sp³-hybridized carbons (Fsp3) is 0.500. The molecule has 0 saturated carbocycles. The summed E-state index contributed by atoms with van der Waals surface area (Å²) in [5, 5.41) is 9.23. The van der Waals surface area contributed by atoms with Crippen molar-refractivity contribution < 1.29 is 27.8 Å². The molecule has 8 heteroatoms. The molecule has 1 saturated heterocycles. The minimum absolute atomic E-state index is 0.0262. The molecule has 1 fully saturated rings. The molecule has 1 aromatic carbocycles. The lowest BCUT2D eigenvalue weighted by atomic mass is 9.90. The van der Waals surface area contributed by atoms with Gasteiger partial charge in [-0.1, -0.05) is 0 Å². The fourth-order valence-electron chi connectivity index (χ4n) is 2.38. The van der Waals surface area contributed by atoms with Gasteiger partial charge in [-0.05, 0) is 13.3 Å². The molecule has 2 rings (SSSR count). The van der Waals surface area contributed by atoms with Gasteiger partial charge >= 0.3 is 5.97 Å². The Hall–Kier alpha value is -1.80. The van der Waals surface area contributed by atoms with Crippen molar-refractivity contribution in [1.29, 1.82) is 0 Å². The SMILES string of the molecule is COc1cc(OC)cc(S(=O)(=O)N2CCC(C)(C(=O)O)C2)c1. The second kappa shape index (κ2) is 5.77. The maximum absolute atomic E-state index is 12.7. The monoisotopic (exact) mass is 329 g/mol. The molecule has 0 bridgehead atoms. The Morgan fingerprint density at radius 2 is 1.77 bits per heavy atom. The van der Waals surface area contributed by atoms with Crippen LogP contribution >= 0.6 is 0 Å². The van der Waals surface area contributed by atoms with Gasteiger partial charge < -0.3 is 14.6 Å². The number of nitrogens with zero attached hydrogens (tertiary/aromatic N) is 1. The number of methoxy groups -OCH3 is 2. The number of carbonyl (C=O) groups is 1. The third kappa shape index (κ3) is 2.89. The molecule has 1 aromatic rings. The molecule has 7 nitrogen and oxygen atoms in total. The van der Waals surface area contributed by atoms with E-state index in [1.54, 1.807) is 13.0 Å². The third-order valence-electron chi connectivity index (χ3n) is 3.92. The highest BCUT2D eigenvalue weighted by atomic mass is 32.2. The number of carboxylic acids is 1. The Balaban J connectivity index is 2.38. The van der Waals surface area contributed by atoms with Gasteiger partial charge in [0.2, 0.25) is 10.0 Å². The van der Waals surface area contributed by atoms with Crippen molar-refractivity contribution >= 4 is 16.0 Å². The standard InChI is InChI=1S/C14H19NO6S/c1-14(13(16)17)4-5-15(9-14)22(18,19)12-7-10(20-2)6-11(8-12)21-3/h6-8H,4-5,9H2,1-3H3,(H,16,17). The van der Waals surface area contributed by atoms with Gasteiger partial charge in [0.05, 0.1) is 24.5 Å². The summed E-state index contributed by atoms with van der Waals surface area (Å²) in [7, 11) is -0.932. The zero-order valence-corrected chi connectivity index (χ0v) is 13.5. The van der Waals surface area contributed by atoms with E-state index in [4.69, 9.17) is 9.47 Å². The summed E-state index contributed by atoms with van der Waals surface area (Å²) in [6, 6.07) is 4.37. The molecule has 1 aliphatic rings. The van der Waals surface area contributed by atoms with E-state index in [2.05, 4.69) is 0 Å². The average Bonchev–Trinajstić information content (AvgIpc) is 2.91. The normalized spacial score (nSPS) is 22.5. The van der Waals surface area contributed by atoms with E-state index in [1.165, 1.54) is 30.7 Å². The summed E-state index contributed by atoms with van der Waals surface area (Å²) in [4.78, 5) is 11.3. The smallest absolute Gasteiger partial charge is 0.310 e. The van der Waals surface area contributed by atoms with Gasteiger partial charge in [0.25, 0.3) is 0 Å². The molecular weight excluding hydrogens is 310 g/mol. The molecular formula is C14H19NO6S. The van der Waals surface area contributed by atoms with Crippen molar-refractivity contribution in [3.05, 3.63) is 18.2 Å². The first-order valence-corrected chi connectivity index (χ1v) is 8.13. The van der Waals surface area contributed by atoms with Crippen molar-refractivity contribution in [1.82, 2.24) is 4.31 Å². The summed E-state index contributed by atoms with van der Waals surface area (Å²) in [6.45, 7) is 1.67. The summed E-state index contributed by atoms with van der Waals surface area (Å²) in [5.74, 6) is -0.273. The van der Waals surface area contributed by atoms with Crippen LogP contribution < -0.4 is 9.47 Å². The van der Waals surface area contributed by atoms with Crippen molar-refractivity contribution in [3.63, 3.8) is 0 Å². The lowest BCUT2D eigenvalue weighted by Crippen LogP contribution is -2.34. The van der Waals surface area contributed by atoms with Gasteiger partial charge in [0, 0.05) is 31.3 Å². The predicted octanol–water partition coefficient (Wildman–Crippen LogP) is 1.19. The minimum atomic E-state index is -3.80. The second-order valence-corrected chi connectivity index (χ2v) is 7.44. The highest BCUT2D eigenvalue weighted by molar-refractivity contribution is 7.89. The molecule has 0 amide bonds. The summed E-state index contributed by atoms with van der Waals surface area (Å²) >= 11 is 0. The molecule has 1 unspecified atom stereocenters. The third-order valence-corrected chi connectivity index (χ3v) is 5.74. The van der Waals surface area contributed by atoms with Crippen LogP contribution in [0.1, 0.15) is 13.3 Å². The largest absolute Gasteiger partial charge is 0.497 e. The quantitative estimate of drug-likeness (QED) is 0.872. The van der Waals surface area contributed by atoms with Gasteiger partial charge in [-0.25, -0.2) is 8.42 Å². The van der Waals surface area contributed by atoms with E-state index in [0.29, 0.717) is 11.5 Å². The van der Waals surface area contributed by atoms with E-state index in [9.17, 15) is 18.3 Å². The highest BCUT2D eigenvalue weighted by Crippen LogP contribution is 2.35. The van der Waals surface area contributed by atoms with Crippen molar-refractivity contribution in [2.75, 3.05) is 27.3 Å². The van der Waals surface area contributed by atoms with Gasteiger partial charge in [-0.2, -0.15) is 4.31 Å². The molecule has 0 aliphatic carbocycles. The van der Waals surface area contributed by atoms with Crippen molar-refractivity contribution in [2.24, 2.45) is 5.41 Å². The van der Waals surface area contributed by atoms with Crippen LogP contribution in [0.25, 0.3) is 0 Å². The van der Waals surface area contributed by atoms with Crippen molar-refractivity contribution in [3.8, 4) is 11.5 Å². The first-order chi connectivity index (χ1) is 10.2. The van der Waals surface area contributed by atoms with Crippen LogP contribution in [0, 0.1) is 5.41 Å². The van der Waals surface area contributed by atoms with Gasteiger partial charge in [-0.3, -0.25) is 4.79 Å². The van der Waals surface area contributed by atoms with Crippen LogP contribution in [0.3, 0.4) is 0 Å². The van der Waals surface area contributed by atoms with Gasteiger partial charge in [0.1, 0.15) is 11.5 Å². The van der Waals surface area contributed by atoms with E-state index < -0.39 is 21.4 Å². The molecule has 0 radical (unpaired) electrons. The Morgan fingerprint density at radius 1 is 1.23 bits per heavy atom. The Bertz CT molecular complexity index is 664.